The summed E-state index contributed by atoms with van der Waals surface area (Å²) >= 11 is 0. The summed E-state index contributed by atoms with van der Waals surface area (Å²) in [5.74, 6) is 3.05. The Morgan fingerprint density at radius 2 is 2.00 bits per heavy atom. The monoisotopic (exact) mass is 363 g/mol. The van der Waals surface area contributed by atoms with Crippen LogP contribution in [0.2, 0.25) is 0 Å². The summed E-state index contributed by atoms with van der Waals surface area (Å²) in [4.78, 5) is 26.8. The molecule has 1 amide bonds. The molecule has 3 heterocycles. The van der Waals surface area contributed by atoms with Crippen LogP contribution in [0.1, 0.15) is 59.6 Å². The van der Waals surface area contributed by atoms with Gasteiger partial charge in [0.1, 0.15) is 5.82 Å². The fourth-order valence-corrected chi connectivity index (χ4v) is 3.68. The van der Waals surface area contributed by atoms with Crippen LogP contribution in [0.3, 0.4) is 0 Å². The molecule has 0 spiro atoms. The number of H-pyrrole nitrogens is 1. The second-order valence-electron chi connectivity index (χ2n) is 7.37. The second-order valence-corrected chi connectivity index (χ2v) is 7.37. The molecule has 1 aliphatic heterocycles. The number of rotatable bonds is 4. The topological polar surface area (TPSA) is 87.9 Å². The Balaban J connectivity index is 1.29. The van der Waals surface area contributed by atoms with Gasteiger partial charge in [0.25, 0.3) is 5.91 Å². The highest BCUT2D eigenvalue weighted by Gasteiger charge is 2.30. The number of piperidine rings is 1. The molecular weight excluding hydrogens is 342 g/mol. The Bertz CT molecular complexity index is 928. The lowest BCUT2D eigenvalue weighted by Gasteiger charge is -2.32. The molecule has 2 fully saturated rings. The molecule has 0 radical (unpaired) electrons. The van der Waals surface area contributed by atoms with Gasteiger partial charge in [-0.15, -0.1) is 0 Å². The quantitative estimate of drug-likeness (QED) is 0.768. The van der Waals surface area contributed by atoms with Crippen LogP contribution < -0.4 is 0 Å². The van der Waals surface area contributed by atoms with Crippen LogP contribution in [0.15, 0.2) is 41.2 Å². The number of amides is 1. The first kappa shape index (κ1) is 16.2. The van der Waals surface area contributed by atoms with Crippen LogP contribution in [0.4, 0.5) is 0 Å². The number of carbonyl (C=O) groups is 1. The number of aromatic amines is 1. The Kier molecular flexibility index (Phi) is 3.99. The van der Waals surface area contributed by atoms with E-state index in [1.807, 2.05) is 35.4 Å². The summed E-state index contributed by atoms with van der Waals surface area (Å²) in [5, 5.41) is 4.06. The molecule has 0 unspecified atom stereocenters. The van der Waals surface area contributed by atoms with Gasteiger partial charge in [0.05, 0.1) is 0 Å². The highest BCUT2D eigenvalue weighted by molar-refractivity contribution is 5.94. The lowest BCUT2D eigenvalue weighted by molar-refractivity contribution is 0.0705. The molecule has 1 N–H and O–H groups in total. The highest BCUT2D eigenvalue weighted by atomic mass is 16.5. The van der Waals surface area contributed by atoms with E-state index in [0.29, 0.717) is 23.9 Å². The average Bonchev–Trinajstić information content (AvgIpc) is 3.22. The summed E-state index contributed by atoms with van der Waals surface area (Å²) in [6.45, 7) is 1.48. The largest absolute Gasteiger partial charge is 0.348 e. The third kappa shape index (κ3) is 3.25. The van der Waals surface area contributed by atoms with Crippen molar-refractivity contribution in [3.63, 3.8) is 0 Å². The molecule has 0 bridgehead atoms. The van der Waals surface area contributed by atoms with E-state index in [9.17, 15) is 4.79 Å². The molecule has 3 aromatic rings. The minimum Gasteiger partial charge on any atom is -0.348 e. The molecule has 5 rings (SSSR count). The van der Waals surface area contributed by atoms with Crippen LogP contribution in [0, 0.1) is 0 Å². The van der Waals surface area contributed by atoms with E-state index in [1.54, 1.807) is 6.20 Å². The SMILES string of the molecule is O=C(c1ccc(-c2noc(C3CC3)n2)cc1)N1CCC[C@@H](c2ncc[nH]2)C1. The van der Waals surface area contributed by atoms with Crippen molar-refractivity contribution in [3.05, 3.63) is 53.9 Å². The normalized spacial score (nSPS) is 20.0. The van der Waals surface area contributed by atoms with Crippen LogP contribution in [0.25, 0.3) is 11.4 Å². The number of likely N-dealkylation sites (tertiary alicyclic amines) is 1. The minimum absolute atomic E-state index is 0.0598. The lowest BCUT2D eigenvalue weighted by atomic mass is 9.96. The van der Waals surface area contributed by atoms with Gasteiger partial charge in [0.15, 0.2) is 0 Å². The maximum Gasteiger partial charge on any atom is 0.253 e. The smallest absolute Gasteiger partial charge is 0.253 e. The Labute approximate surface area is 156 Å². The number of benzene rings is 1. The van der Waals surface area contributed by atoms with Crippen molar-refractivity contribution in [2.24, 2.45) is 0 Å². The molecule has 2 aromatic heterocycles. The standard InChI is InChI=1S/C20H21N5O2/c26-20(25-11-1-2-16(12-25)17-21-9-10-22-17)15-7-3-13(4-8-15)18-23-19(27-24-18)14-5-6-14/h3-4,7-10,14,16H,1-2,5-6,11-12H2,(H,21,22)/t16-/m1/s1. The lowest BCUT2D eigenvalue weighted by Crippen LogP contribution is -2.39. The van der Waals surface area contributed by atoms with Gasteiger partial charge in [-0.25, -0.2) is 4.98 Å². The van der Waals surface area contributed by atoms with E-state index in [1.165, 1.54) is 0 Å². The summed E-state index contributed by atoms with van der Waals surface area (Å²) in [6.07, 6.45) is 7.90. The first-order valence-electron chi connectivity index (χ1n) is 9.50. The Hall–Kier alpha value is -2.96. The summed E-state index contributed by atoms with van der Waals surface area (Å²) in [5.41, 5.74) is 1.55. The van der Waals surface area contributed by atoms with Crippen molar-refractivity contribution in [3.8, 4) is 11.4 Å². The van der Waals surface area contributed by atoms with Crippen LogP contribution in [-0.2, 0) is 0 Å². The van der Waals surface area contributed by atoms with E-state index < -0.39 is 0 Å². The number of nitrogens with one attached hydrogen (secondary N) is 1. The van der Waals surface area contributed by atoms with Crippen molar-refractivity contribution < 1.29 is 9.32 Å². The highest BCUT2D eigenvalue weighted by Crippen LogP contribution is 2.39. The third-order valence-electron chi connectivity index (χ3n) is 5.37. The number of aromatic nitrogens is 4. The summed E-state index contributed by atoms with van der Waals surface area (Å²) < 4.78 is 5.32. The molecule has 7 nitrogen and oxygen atoms in total. The predicted molar refractivity (Wildman–Crippen MR) is 98.2 cm³/mol. The maximum absolute atomic E-state index is 12.9. The number of hydrogen-bond donors (Lipinski definition) is 1. The van der Waals surface area contributed by atoms with Crippen molar-refractivity contribution >= 4 is 5.91 Å². The van der Waals surface area contributed by atoms with Gasteiger partial charge in [0.2, 0.25) is 11.7 Å². The fourth-order valence-electron chi connectivity index (χ4n) is 3.68. The van der Waals surface area contributed by atoms with Gasteiger partial charge in [-0.1, -0.05) is 17.3 Å². The molecule has 7 heteroatoms. The van der Waals surface area contributed by atoms with Gasteiger partial charge in [-0.3, -0.25) is 4.79 Å². The van der Waals surface area contributed by atoms with Gasteiger partial charge in [0, 0.05) is 48.4 Å². The van der Waals surface area contributed by atoms with Gasteiger partial charge in [-0.2, -0.15) is 4.98 Å². The zero-order valence-electron chi connectivity index (χ0n) is 15.0. The van der Waals surface area contributed by atoms with Crippen molar-refractivity contribution in [2.75, 3.05) is 13.1 Å². The van der Waals surface area contributed by atoms with E-state index in [-0.39, 0.29) is 11.8 Å². The average molecular weight is 363 g/mol. The molecular formula is C20H21N5O2. The van der Waals surface area contributed by atoms with Gasteiger partial charge >= 0.3 is 0 Å². The van der Waals surface area contributed by atoms with Gasteiger partial charge < -0.3 is 14.4 Å². The van der Waals surface area contributed by atoms with Crippen molar-refractivity contribution in [1.29, 1.82) is 0 Å². The van der Waals surface area contributed by atoms with Crippen LogP contribution in [-0.4, -0.2) is 44.0 Å². The molecule has 138 valence electrons. The fraction of sp³-hybridized carbons (Fsp3) is 0.400. The molecule has 1 saturated heterocycles. The molecule has 1 aromatic carbocycles. The van der Waals surface area contributed by atoms with Gasteiger partial charge in [-0.05, 0) is 37.8 Å². The third-order valence-corrected chi connectivity index (χ3v) is 5.37. The van der Waals surface area contributed by atoms with Crippen LogP contribution in [0.5, 0.6) is 0 Å². The first-order chi connectivity index (χ1) is 13.3. The summed E-state index contributed by atoms with van der Waals surface area (Å²) in [7, 11) is 0. The van der Waals surface area contributed by atoms with E-state index >= 15 is 0 Å². The second kappa shape index (κ2) is 6.64. The summed E-state index contributed by atoms with van der Waals surface area (Å²) in [6, 6.07) is 7.48. The molecule has 1 atom stereocenters. The minimum atomic E-state index is 0.0598. The molecule has 2 aliphatic rings. The zero-order valence-corrected chi connectivity index (χ0v) is 15.0. The van der Waals surface area contributed by atoms with Crippen molar-refractivity contribution in [2.45, 2.75) is 37.5 Å². The van der Waals surface area contributed by atoms with E-state index in [2.05, 4.69) is 20.1 Å². The zero-order chi connectivity index (χ0) is 18.2. The van der Waals surface area contributed by atoms with E-state index in [0.717, 1.165) is 49.5 Å². The molecule has 1 saturated carbocycles. The Morgan fingerprint density at radius 3 is 2.74 bits per heavy atom. The number of nitrogens with zero attached hydrogens (tertiary/aromatic N) is 4. The first-order valence-corrected chi connectivity index (χ1v) is 9.50. The number of imidazole rings is 1. The van der Waals surface area contributed by atoms with Crippen molar-refractivity contribution in [1.82, 2.24) is 25.0 Å². The Morgan fingerprint density at radius 1 is 1.15 bits per heavy atom. The molecule has 1 aliphatic carbocycles. The number of carbonyl (C=O) groups excluding carboxylic acids is 1. The maximum atomic E-state index is 12.9. The predicted octanol–water partition coefficient (Wildman–Crippen LogP) is 3.36. The molecule has 27 heavy (non-hydrogen) atoms. The van der Waals surface area contributed by atoms with E-state index in [4.69, 9.17) is 4.52 Å². The number of hydrogen-bond acceptors (Lipinski definition) is 5. The van der Waals surface area contributed by atoms with Crippen LogP contribution >= 0.6 is 0 Å².